The maximum Gasteiger partial charge on any atom is 0.180 e. The number of Topliss-reactive ketones (excluding diaryl/α,β-unsaturated/α-hetero) is 1. The van der Waals surface area contributed by atoms with Crippen molar-refractivity contribution in [3.63, 3.8) is 0 Å². The minimum atomic E-state index is 0.0951. The van der Waals surface area contributed by atoms with Crippen LogP contribution in [0.1, 0.15) is 34.3 Å². The van der Waals surface area contributed by atoms with Gasteiger partial charge in [-0.2, -0.15) is 0 Å². The Hall–Kier alpha value is -1.35. The number of benzene rings is 1. The number of rotatable bonds is 4. The Bertz CT molecular complexity index is 426. The zero-order valence-corrected chi connectivity index (χ0v) is 10.5. The minimum Gasteiger partial charge on any atom is -0.496 e. The van der Waals surface area contributed by atoms with Crippen molar-refractivity contribution >= 4 is 5.78 Å². The minimum absolute atomic E-state index is 0.0951. The van der Waals surface area contributed by atoms with Gasteiger partial charge in [0.15, 0.2) is 5.78 Å². The molecule has 0 radical (unpaired) electrons. The van der Waals surface area contributed by atoms with E-state index in [1.165, 1.54) is 24.0 Å². The smallest absolute Gasteiger partial charge is 0.180 e. The molecule has 0 aromatic heterocycles. The van der Waals surface area contributed by atoms with Crippen molar-refractivity contribution in [2.75, 3.05) is 20.7 Å². The fourth-order valence-electron chi connectivity index (χ4n) is 2.41. The molecular formula is C14H19NO2. The second-order valence-corrected chi connectivity index (χ2v) is 4.48. The highest BCUT2D eigenvalue weighted by molar-refractivity contribution is 6.00. The van der Waals surface area contributed by atoms with Crippen LogP contribution in [0.15, 0.2) is 12.1 Å². The number of hydrogen-bond acceptors (Lipinski definition) is 3. The van der Waals surface area contributed by atoms with Crippen LogP contribution in [0.3, 0.4) is 0 Å². The third kappa shape index (κ3) is 2.50. The molecule has 92 valence electrons. The first kappa shape index (κ1) is 12.1. The maximum absolute atomic E-state index is 12.0. The van der Waals surface area contributed by atoms with Crippen LogP contribution in [0.2, 0.25) is 0 Å². The van der Waals surface area contributed by atoms with E-state index >= 15 is 0 Å². The van der Waals surface area contributed by atoms with E-state index in [0.29, 0.717) is 17.9 Å². The van der Waals surface area contributed by atoms with Gasteiger partial charge in [-0.25, -0.2) is 0 Å². The van der Waals surface area contributed by atoms with Gasteiger partial charge < -0.3 is 10.1 Å². The standard InChI is InChI=1S/C14H19NO2/c1-15-9-13(16)12-7-10-5-3-4-6-11(10)8-14(12)17-2/h7-8,15H,3-6,9H2,1-2H3. The van der Waals surface area contributed by atoms with Crippen LogP contribution in [-0.4, -0.2) is 26.5 Å². The van der Waals surface area contributed by atoms with E-state index < -0.39 is 0 Å². The van der Waals surface area contributed by atoms with E-state index in [4.69, 9.17) is 4.74 Å². The van der Waals surface area contributed by atoms with Gasteiger partial charge in [0.25, 0.3) is 0 Å². The molecule has 0 bridgehead atoms. The zero-order valence-electron chi connectivity index (χ0n) is 10.5. The Labute approximate surface area is 102 Å². The number of likely N-dealkylation sites (N-methyl/N-ethyl adjacent to an activating group) is 1. The SMILES string of the molecule is CNCC(=O)c1cc2c(cc1OC)CCCC2. The number of ether oxygens (including phenoxy) is 1. The Kier molecular flexibility index (Phi) is 3.79. The van der Waals surface area contributed by atoms with Gasteiger partial charge in [-0.1, -0.05) is 0 Å². The predicted molar refractivity (Wildman–Crippen MR) is 67.9 cm³/mol. The molecule has 0 fully saturated rings. The lowest BCUT2D eigenvalue weighted by molar-refractivity contribution is 0.0990. The quantitative estimate of drug-likeness (QED) is 0.808. The molecule has 17 heavy (non-hydrogen) atoms. The van der Waals surface area contributed by atoms with Crippen molar-refractivity contribution in [3.05, 3.63) is 28.8 Å². The Morgan fingerprint density at radius 3 is 2.53 bits per heavy atom. The van der Waals surface area contributed by atoms with Crippen LogP contribution in [0.4, 0.5) is 0 Å². The molecule has 1 aliphatic carbocycles. The van der Waals surface area contributed by atoms with Gasteiger partial charge in [0, 0.05) is 0 Å². The molecule has 0 aliphatic heterocycles. The van der Waals surface area contributed by atoms with Crippen LogP contribution in [0, 0.1) is 0 Å². The van der Waals surface area contributed by atoms with E-state index in [2.05, 4.69) is 5.32 Å². The van der Waals surface area contributed by atoms with Gasteiger partial charge in [0.05, 0.1) is 19.2 Å². The first-order valence-electron chi connectivity index (χ1n) is 6.14. The monoisotopic (exact) mass is 233 g/mol. The third-order valence-electron chi connectivity index (χ3n) is 3.30. The van der Waals surface area contributed by atoms with Crippen LogP contribution in [0.5, 0.6) is 5.75 Å². The molecule has 0 atom stereocenters. The van der Waals surface area contributed by atoms with Gasteiger partial charge in [-0.15, -0.1) is 0 Å². The first-order valence-corrected chi connectivity index (χ1v) is 6.14. The van der Waals surface area contributed by atoms with Crippen molar-refractivity contribution in [2.45, 2.75) is 25.7 Å². The van der Waals surface area contributed by atoms with Crippen molar-refractivity contribution in [1.82, 2.24) is 5.32 Å². The number of carbonyl (C=O) groups excluding carboxylic acids is 1. The number of carbonyl (C=O) groups is 1. The van der Waals surface area contributed by atoms with E-state index in [1.54, 1.807) is 14.2 Å². The third-order valence-corrected chi connectivity index (χ3v) is 3.30. The topological polar surface area (TPSA) is 38.3 Å². The fourth-order valence-corrected chi connectivity index (χ4v) is 2.41. The molecule has 1 aliphatic rings. The van der Waals surface area contributed by atoms with Gasteiger partial charge in [0.1, 0.15) is 5.75 Å². The molecule has 2 rings (SSSR count). The van der Waals surface area contributed by atoms with E-state index in [-0.39, 0.29) is 5.78 Å². The summed E-state index contributed by atoms with van der Waals surface area (Å²) in [5.41, 5.74) is 3.37. The maximum atomic E-state index is 12.0. The molecule has 1 aromatic carbocycles. The van der Waals surface area contributed by atoms with Crippen molar-refractivity contribution in [1.29, 1.82) is 0 Å². The van der Waals surface area contributed by atoms with E-state index in [1.807, 2.05) is 12.1 Å². The number of nitrogens with one attached hydrogen (secondary N) is 1. The number of ketones is 1. The lowest BCUT2D eigenvalue weighted by Crippen LogP contribution is -2.20. The molecule has 0 spiro atoms. The van der Waals surface area contributed by atoms with Crippen molar-refractivity contribution in [3.8, 4) is 5.75 Å². The summed E-state index contributed by atoms with van der Waals surface area (Å²) in [4.78, 5) is 12.0. The molecule has 0 saturated heterocycles. The van der Waals surface area contributed by atoms with Crippen LogP contribution in [-0.2, 0) is 12.8 Å². The van der Waals surface area contributed by atoms with Crippen LogP contribution in [0.25, 0.3) is 0 Å². The highest BCUT2D eigenvalue weighted by atomic mass is 16.5. The summed E-state index contributed by atoms with van der Waals surface area (Å²) in [5, 5.41) is 2.89. The number of fused-ring (bicyclic) bond motifs is 1. The summed E-state index contributed by atoms with van der Waals surface area (Å²) in [6.45, 7) is 0.356. The number of methoxy groups -OCH3 is 1. The van der Waals surface area contributed by atoms with E-state index in [9.17, 15) is 4.79 Å². The number of hydrogen-bond donors (Lipinski definition) is 1. The van der Waals surface area contributed by atoms with E-state index in [0.717, 1.165) is 12.8 Å². The van der Waals surface area contributed by atoms with Gasteiger partial charge in [0.2, 0.25) is 0 Å². The molecular weight excluding hydrogens is 214 g/mol. The zero-order chi connectivity index (χ0) is 12.3. The molecule has 0 saturated carbocycles. The average Bonchev–Trinajstić information content (AvgIpc) is 2.37. The Morgan fingerprint density at radius 2 is 1.94 bits per heavy atom. The highest BCUT2D eigenvalue weighted by Gasteiger charge is 2.17. The van der Waals surface area contributed by atoms with Gasteiger partial charge >= 0.3 is 0 Å². The van der Waals surface area contributed by atoms with Crippen LogP contribution < -0.4 is 10.1 Å². The predicted octanol–water partition coefficient (Wildman–Crippen LogP) is 1.98. The summed E-state index contributed by atoms with van der Waals surface area (Å²) >= 11 is 0. The largest absolute Gasteiger partial charge is 0.496 e. The van der Waals surface area contributed by atoms with Gasteiger partial charge in [-0.3, -0.25) is 4.79 Å². The summed E-state index contributed by atoms with van der Waals surface area (Å²) in [5.74, 6) is 0.809. The Balaban J connectivity index is 2.39. The lowest BCUT2D eigenvalue weighted by atomic mass is 9.89. The first-order chi connectivity index (χ1) is 8.26. The Morgan fingerprint density at radius 1 is 1.29 bits per heavy atom. The van der Waals surface area contributed by atoms with Gasteiger partial charge in [-0.05, 0) is 56.0 Å². The summed E-state index contributed by atoms with van der Waals surface area (Å²) in [6, 6.07) is 4.06. The summed E-state index contributed by atoms with van der Waals surface area (Å²) < 4.78 is 5.33. The molecule has 3 heteroatoms. The fraction of sp³-hybridized carbons (Fsp3) is 0.500. The van der Waals surface area contributed by atoms with Crippen LogP contribution >= 0.6 is 0 Å². The molecule has 0 unspecified atom stereocenters. The molecule has 1 N–H and O–H groups in total. The molecule has 1 aromatic rings. The second kappa shape index (κ2) is 5.32. The summed E-state index contributed by atoms with van der Waals surface area (Å²) in [7, 11) is 3.41. The average molecular weight is 233 g/mol. The second-order valence-electron chi connectivity index (χ2n) is 4.48. The van der Waals surface area contributed by atoms with Crippen molar-refractivity contribution < 1.29 is 9.53 Å². The molecule has 3 nitrogen and oxygen atoms in total. The summed E-state index contributed by atoms with van der Waals surface area (Å²) in [6.07, 6.45) is 4.64. The molecule has 0 heterocycles. The molecule has 0 amide bonds. The highest BCUT2D eigenvalue weighted by Crippen LogP contribution is 2.29. The normalized spacial score (nSPS) is 14.2. The lowest BCUT2D eigenvalue weighted by Gasteiger charge is -2.18. The van der Waals surface area contributed by atoms with Crippen molar-refractivity contribution in [2.24, 2.45) is 0 Å². The number of aryl methyl sites for hydroxylation is 2.